The van der Waals surface area contributed by atoms with Crippen LogP contribution in [0.2, 0.25) is 4.47 Å². The monoisotopic (exact) mass is 396 g/mol. The minimum absolute atomic E-state index is 0.244. The fraction of sp³-hybridized carbons (Fsp3) is 0.263. The van der Waals surface area contributed by atoms with Crippen molar-refractivity contribution in [2.75, 3.05) is 0 Å². The number of unbranched alkanes of at least 4 members (excludes halogenated alkanes) is 1. The third kappa shape index (κ3) is 5.32. The van der Waals surface area contributed by atoms with Gasteiger partial charge in [0.25, 0.3) is 0 Å². The number of benzene rings is 2. The zero-order chi connectivity index (χ0) is 14.9. The summed E-state index contributed by atoms with van der Waals surface area (Å²) < 4.78 is 2.66. The summed E-state index contributed by atoms with van der Waals surface area (Å²) in [5, 5.41) is 10.5. The van der Waals surface area contributed by atoms with Gasteiger partial charge in [0.05, 0.1) is 0 Å². The van der Waals surface area contributed by atoms with Crippen molar-refractivity contribution >= 4 is 24.5 Å². The number of hydrogen-bond acceptors (Lipinski definition) is 1. The molecule has 0 saturated carbocycles. The Bertz CT molecular complexity index is 548. The van der Waals surface area contributed by atoms with Gasteiger partial charge in [-0.2, -0.15) is 0 Å². The Hall–Kier alpha value is -1.07. The molecule has 0 aliphatic heterocycles. The van der Waals surface area contributed by atoms with Crippen LogP contribution in [0.5, 0.6) is 0 Å². The van der Waals surface area contributed by atoms with Gasteiger partial charge in [0, 0.05) is 0 Å². The van der Waals surface area contributed by atoms with Gasteiger partial charge in [0.15, 0.2) is 0 Å². The zero-order valence-electron chi connectivity index (χ0n) is 12.4. The van der Waals surface area contributed by atoms with Gasteiger partial charge in [-0.05, 0) is 0 Å². The van der Waals surface area contributed by atoms with Crippen molar-refractivity contribution in [3.8, 4) is 0 Å². The van der Waals surface area contributed by atoms with E-state index in [0.29, 0.717) is 0 Å². The molecule has 1 N–H and O–H groups in total. The third-order valence-corrected chi connectivity index (χ3v) is 6.62. The SMILES string of the molecule is CCCC[Te]/C(=C\C(O)c1ccccc1)c1ccccc1. The number of aliphatic hydroxyl groups excluding tert-OH is 1. The molecule has 0 aromatic heterocycles. The molecule has 2 heteroatoms. The van der Waals surface area contributed by atoms with Gasteiger partial charge >= 0.3 is 138 Å². The standard InChI is InChI=1S/C19H22OTe/c1-2-3-14-21-19(17-12-8-5-9-13-17)15-18(20)16-10-6-4-7-11-16/h4-13,15,18,20H,2-3,14H2,1H3/b19-15-. The van der Waals surface area contributed by atoms with Crippen LogP contribution in [0.1, 0.15) is 37.0 Å². The Morgan fingerprint density at radius 1 is 1.05 bits per heavy atom. The van der Waals surface area contributed by atoms with E-state index >= 15 is 0 Å². The van der Waals surface area contributed by atoms with Gasteiger partial charge in [-0.1, -0.05) is 0 Å². The molecule has 2 aromatic rings. The fourth-order valence-corrected chi connectivity index (χ4v) is 5.42. The Morgan fingerprint density at radius 3 is 2.29 bits per heavy atom. The van der Waals surface area contributed by atoms with Gasteiger partial charge in [-0.15, -0.1) is 0 Å². The molecule has 0 radical (unpaired) electrons. The molecule has 0 fully saturated rings. The summed E-state index contributed by atoms with van der Waals surface area (Å²) in [6, 6.07) is 20.4. The van der Waals surface area contributed by atoms with Crippen molar-refractivity contribution in [3.63, 3.8) is 0 Å². The molecule has 0 spiro atoms. The van der Waals surface area contributed by atoms with E-state index in [2.05, 4.69) is 37.3 Å². The maximum absolute atomic E-state index is 10.5. The summed E-state index contributed by atoms with van der Waals surface area (Å²) in [5.41, 5.74) is 2.24. The Kier molecular flexibility index (Phi) is 7.03. The summed E-state index contributed by atoms with van der Waals surface area (Å²) in [6.07, 6.45) is 4.08. The molecule has 2 aromatic carbocycles. The van der Waals surface area contributed by atoms with Crippen molar-refractivity contribution in [2.45, 2.75) is 30.3 Å². The first-order chi connectivity index (χ1) is 10.3. The van der Waals surface area contributed by atoms with E-state index in [1.54, 1.807) is 0 Å². The first-order valence-electron chi connectivity index (χ1n) is 7.44. The predicted molar refractivity (Wildman–Crippen MR) is 91.3 cm³/mol. The predicted octanol–water partition coefficient (Wildman–Crippen LogP) is 4.68. The van der Waals surface area contributed by atoms with Gasteiger partial charge in [0.2, 0.25) is 0 Å². The van der Waals surface area contributed by atoms with E-state index in [0.717, 1.165) is 5.56 Å². The molecular weight excluding hydrogens is 372 g/mol. The number of aliphatic hydroxyl groups is 1. The molecular formula is C19H22OTe. The molecule has 1 atom stereocenters. The van der Waals surface area contributed by atoms with Gasteiger partial charge < -0.3 is 0 Å². The van der Waals surface area contributed by atoms with Crippen LogP contribution >= 0.6 is 0 Å². The minimum atomic E-state index is -0.506. The van der Waals surface area contributed by atoms with E-state index in [-0.39, 0.29) is 20.9 Å². The Balaban J connectivity index is 2.20. The van der Waals surface area contributed by atoms with E-state index in [1.165, 1.54) is 26.5 Å². The second-order valence-corrected chi connectivity index (χ2v) is 8.20. The summed E-state index contributed by atoms with van der Waals surface area (Å²) in [4.78, 5) is 0. The quantitative estimate of drug-likeness (QED) is 0.534. The fourth-order valence-electron chi connectivity index (χ4n) is 2.05. The molecule has 0 aliphatic rings. The normalized spacial score (nSPS) is 13.1. The van der Waals surface area contributed by atoms with E-state index < -0.39 is 6.10 Å². The van der Waals surface area contributed by atoms with Gasteiger partial charge in [0.1, 0.15) is 0 Å². The molecule has 1 unspecified atom stereocenters. The molecule has 110 valence electrons. The van der Waals surface area contributed by atoms with Crippen LogP contribution < -0.4 is 0 Å². The van der Waals surface area contributed by atoms with E-state index in [9.17, 15) is 5.11 Å². The number of hydrogen-bond donors (Lipinski definition) is 1. The maximum atomic E-state index is 10.5. The van der Waals surface area contributed by atoms with Gasteiger partial charge in [-0.25, -0.2) is 0 Å². The summed E-state index contributed by atoms with van der Waals surface area (Å²) in [5.74, 6) is 0. The van der Waals surface area contributed by atoms with Crippen LogP contribution in [-0.4, -0.2) is 26.0 Å². The molecule has 0 amide bonds. The first kappa shape index (κ1) is 16.3. The third-order valence-electron chi connectivity index (χ3n) is 3.26. The topological polar surface area (TPSA) is 20.2 Å². The van der Waals surface area contributed by atoms with Crippen LogP contribution in [-0.2, 0) is 0 Å². The molecule has 1 nitrogen and oxygen atoms in total. The van der Waals surface area contributed by atoms with Crippen LogP contribution in [0, 0.1) is 0 Å². The first-order valence-corrected chi connectivity index (χ1v) is 10.3. The molecule has 0 aliphatic carbocycles. The van der Waals surface area contributed by atoms with Crippen LogP contribution in [0.25, 0.3) is 3.62 Å². The summed E-state index contributed by atoms with van der Waals surface area (Å²) in [6.45, 7) is 2.23. The van der Waals surface area contributed by atoms with Gasteiger partial charge in [-0.3, -0.25) is 0 Å². The summed E-state index contributed by atoms with van der Waals surface area (Å²) >= 11 is -0.244. The zero-order valence-corrected chi connectivity index (χ0v) is 14.7. The molecule has 2 rings (SSSR count). The Labute approximate surface area is 137 Å². The van der Waals surface area contributed by atoms with Crippen LogP contribution in [0.15, 0.2) is 66.7 Å². The molecule has 21 heavy (non-hydrogen) atoms. The summed E-state index contributed by atoms with van der Waals surface area (Å²) in [7, 11) is 0. The van der Waals surface area contributed by atoms with E-state index in [4.69, 9.17) is 0 Å². The number of rotatable bonds is 7. The van der Waals surface area contributed by atoms with Crippen molar-refractivity contribution < 1.29 is 5.11 Å². The Morgan fingerprint density at radius 2 is 1.67 bits per heavy atom. The van der Waals surface area contributed by atoms with Crippen LogP contribution in [0.4, 0.5) is 0 Å². The van der Waals surface area contributed by atoms with Crippen molar-refractivity contribution in [2.24, 2.45) is 0 Å². The second kappa shape index (κ2) is 9.05. The van der Waals surface area contributed by atoms with Crippen molar-refractivity contribution in [1.82, 2.24) is 0 Å². The average Bonchev–Trinajstić information content (AvgIpc) is 2.55. The van der Waals surface area contributed by atoms with E-state index in [1.807, 2.05) is 36.4 Å². The second-order valence-electron chi connectivity index (χ2n) is 4.95. The molecule has 0 saturated heterocycles. The van der Waals surface area contributed by atoms with Crippen molar-refractivity contribution in [3.05, 3.63) is 77.9 Å². The average molecular weight is 394 g/mol. The molecule has 0 bridgehead atoms. The van der Waals surface area contributed by atoms with Crippen molar-refractivity contribution in [1.29, 1.82) is 0 Å². The van der Waals surface area contributed by atoms with Crippen LogP contribution in [0.3, 0.4) is 0 Å². The molecule has 0 heterocycles.